The van der Waals surface area contributed by atoms with Gasteiger partial charge in [-0.05, 0) is 44.2 Å². The third-order valence-corrected chi connectivity index (χ3v) is 3.78. The molecule has 1 aromatic rings. The number of hydrogen-bond donors (Lipinski definition) is 0. The van der Waals surface area contributed by atoms with E-state index < -0.39 is 5.60 Å². The van der Waals surface area contributed by atoms with Crippen molar-refractivity contribution in [3.63, 3.8) is 0 Å². The van der Waals surface area contributed by atoms with Crippen LogP contribution in [0, 0.1) is 0 Å². The van der Waals surface area contributed by atoms with Crippen LogP contribution in [0.25, 0.3) is 0 Å². The molecule has 17 heavy (non-hydrogen) atoms. The van der Waals surface area contributed by atoms with Crippen LogP contribution in [-0.2, 0) is 4.74 Å². The molecule has 0 unspecified atom stereocenters. The molecule has 2 rings (SSSR count). The summed E-state index contributed by atoms with van der Waals surface area (Å²) in [7, 11) is 1.58. The lowest BCUT2D eigenvalue weighted by molar-refractivity contribution is 0.0228. The molecule has 2 nitrogen and oxygen atoms in total. The molecule has 1 aliphatic carbocycles. The van der Waals surface area contributed by atoms with E-state index in [-0.39, 0.29) is 5.78 Å². The molecule has 0 heterocycles. The van der Waals surface area contributed by atoms with Crippen molar-refractivity contribution in [3.05, 3.63) is 35.4 Å². The van der Waals surface area contributed by atoms with E-state index in [0.717, 1.165) is 5.56 Å². The Morgan fingerprint density at radius 1 is 1.35 bits per heavy atom. The molecule has 1 fully saturated rings. The van der Waals surface area contributed by atoms with Gasteiger partial charge in [-0.25, -0.2) is 0 Å². The zero-order valence-electron chi connectivity index (χ0n) is 10.8. The molecular formula is C15H20O2. The van der Waals surface area contributed by atoms with E-state index in [4.69, 9.17) is 4.74 Å². The molecule has 1 saturated carbocycles. The van der Waals surface area contributed by atoms with E-state index in [1.807, 2.05) is 32.0 Å². The highest BCUT2D eigenvalue weighted by molar-refractivity contribution is 6.02. The van der Waals surface area contributed by atoms with Crippen LogP contribution in [0.5, 0.6) is 0 Å². The Labute approximate surface area is 103 Å². The van der Waals surface area contributed by atoms with Gasteiger partial charge in [0.25, 0.3) is 0 Å². The minimum absolute atomic E-state index is 0.0566. The minimum Gasteiger partial charge on any atom is -0.371 e. The van der Waals surface area contributed by atoms with Gasteiger partial charge in [-0.3, -0.25) is 4.79 Å². The lowest BCUT2D eigenvalue weighted by Gasteiger charge is -2.27. The first kappa shape index (κ1) is 12.3. The summed E-state index contributed by atoms with van der Waals surface area (Å²) in [5.41, 5.74) is 1.33. The summed E-state index contributed by atoms with van der Waals surface area (Å²) in [6.45, 7) is 3.62. The fourth-order valence-corrected chi connectivity index (χ4v) is 2.12. The Morgan fingerprint density at radius 3 is 2.59 bits per heavy atom. The lowest BCUT2D eigenvalue weighted by Crippen LogP contribution is -2.33. The zero-order valence-corrected chi connectivity index (χ0v) is 10.8. The van der Waals surface area contributed by atoms with Crippen molar-refractivity contribution >= 4 is 5.78 Å². The monoisotopic (exact) mass is 232 g/mol. The molecule has 0 N–H and O–H groups in total. The standard InChI is InChI=1S/C15H20O2/c1-15(2,17-3)14(16)13-9-5-8-12(10-13)11-6-4-7-11/h5,8-11H,4,6-7H2,1-3H3. The lowest BCUT2D eigenvalue weighted by atomic mass is 9.79. The Bertz CT molecular complexity index is 417. The van der Waals surface area contributed by atoms with Gasteiger partial charge in [0.2, 0.25) is 0 Å². The van der Waals surface area contributed by atoms with E-state index in [9.17, 15) is 4.79 Å². The molecule has 0 amide bonds. The summed E-state index contributed by atoms with van der Waals surface area (Å²) in [5.74, 6) is 0.717. The fraction of sp³-hybridized carbons (Fsp3) is 0.533. The second-order valence-electron chi connectivity index (χ2n) is 5.30. The van der Waals surface area contributed by atoms with Crippen molar-refractivity contribution in [2.75, 3.05) is 7.11 Å². The van der Waals surface area contributed by atoms with Gasteiger partial charge in [-0.1, -0.05) is 24.6 Å². The molecule has 0 bridgehead atoms. The van der Waals surface area contributed by atoms with Crippen molar-refractivity contribution in [2.24, 2.45) is 0 Å². The molecule has 1 aromatic carbocycles. The summed E-state index contributed by atoms with van der Waals surface area (Å²) >= 11 is 0. The molecule has 92 valence electrons. The Morgan fingerprint density at radius 2 is 2.06 bits per heavy atom. The first-order valence-corrected chi connectivity index (χ1v) is 6.24. The number of rotatable bonds is 4. The molecule has 0 atom stereocenters. The van der Waals surface area contributed by atoms with Crippen LogP contribution in [-0.4, -0.2) is 18.5 Å². The molecular weight excluding hydrogens is 212 g/mol. The smallest absolute Gasteiger partial charge is 0.194 e. The Balaban J connectivity index is 2.23. The van der Waals surface area contributed by atoms with E-state index in [1.54, 1.807) is 7.11 Å². The number of carbonyl (C=O) groups excluding carboxylic acids is 1. The normalized spacial score (nSPS) is 16.6. The van der Waals surface area contributed by atoms with Gasteiger partial charge in [0.15, 0.2) is 5.78 Å². The van der Waals surface area contributed by atoms with Crippen molar-refractivity contribution in [2.45, 2.75) is 44.6 Å². The van der Waals surface area contributed by atoms with Crippen LogP contribution in [0.1, 0.15) is 54.9 Å². The zero-order chi connectivity index (χ0) is 12.5. The van der Waals surface area contributed by atoms with Crippen LogP contribution in [0.4, 0.5) is 0 Å². The number of ether oxygens (including phenoxy) is 1. The number of hydrogen-bond acceptors (Lipinski definition) is 2. The maximum absolute atomic E-state index is 12.3. The van der Waals surface area contributed by atoms with Crippen LogP contribution < -0.4 is 0 Å². The van der Waals surface area contributed by atoms with E-state index in [0.29, 0.717) is 5.92 Å². The fourth-order valence-electron chi connectivity index (χ4n) is 2.12. The molecule has 0 saturated heterocycles. The number of carbonyl (C=O) groups is 1. The van der Waals surface area contributed by atoms with E-state index in [2.05, 4.69) is 6.07 Å². The Hall–Kier alpha value is -1.15. The van der Waals surface area contributed by atoms with E-state index in [1.165, 1.54) is 24.8 Å². The van der Waals surface area contributed by atoms with Crippen molar-refractivity contribution in [3.8, 4) is 0 Å². The third kappa shape index (κ3) is 2.42. The van der Waals surface area contributed by atoms with E-state index >= 15 is 0 Å². The summed E-state index contributed by atoms with van der Waals surface area (Å²) < 4.78 is 5.24. The number of ketones is 1. The van der Waals surface area contributed by atoms with Gasteiger partial charge in [0.05, 0.1) is 0 Å². The third-order valence-electron chi connectivity index (χ3n) is 3.78. The number of benzene rings is 1. The first-order chi connectivity index (χ1) is 8.04. The maximum Gasteiger partial charge on any atom is 0.194 e. The number of methoxy groups -OCH3 is 1. The SMILES string of the molecule is COC(C)(C)C(=O)c1cccc(C2CCC2)c1. The summed E-state index contributed by atoms with van der Waals surface area (Å²) in [6, 6.07) is 8.02. The topological polar surface area (TPSA) is 26.3 Å². The van der Waals surface area contributed by atoms with Crippen LogP contribution in [0.15, 0.2) is 24.3 Å². The Kier molecular flexibility index (Phi) is 3.34. The average molecular weight is 232 g/mol. The van der Waals surface area contributed by atoms with Gasteiger partial charge in [0.1, 0.15) is 5.60 Å². The number of Topliss-reactive ketones (excluding diaryl/α,β-unsaturated/α-hetero) is 1. The second-order valence-corrected chi connectivity index (χ2v) is 5.30. The van der Waals surface area contributed by atoms with Gasteiger partial charge >= 0.3 is 0 Å². The van der Waals surface area contributed by atoms with Crippen LogP contribution in [0.3, 0.4) is 0 Å². The highest BCUT2D eigenvalue weighted by atomic mass is 16.5. The van der Waals surface area contributed by atoms with Gasteiger partial charge in [0, 0.05) is 12.7 Å². The molecule has 2 heteroatoms. The van der Waals surface area contributed by atoms with Crippen LogP contribution >= 0.6 is 0 Å². The van der Waals surface area contributed by atoms with Crippen molar-refractivity contribution in [1.82, 2.24) is 0 Å². The molecule has 0 spiro atoms. The van der Waals surface area contributed by atoms with Gasteiger partial charge < -0.3 is 4.74 Å². The highest BCUT2D eigenvalue weighted by Gasteiger charge is 2.29. The molecule has 0 radical (unpaired) electrons. The highest BCUT2D eigenvalue weighted by Crippen LogP contribution is 2.36. The van der Waals surface area contributed by atoms with Crippen LogP contribution in [0.2, 0.25) is 0 Å². The minimum atomic E-state index is -0.738. The predicted molar refractivity (Wildman–Crippen MR) is 68.5 cm³/mol. The predicted octanol–water partition coefficient (Wildman–Crippen LogP) is 3.56. The van der Waals surface area contributed by atoms with Gasteiger partial charge in [-0.15, -0.1) is 0 Å². The molecule has 1 aliphatic rings. The van der Waals surface area contributed by atoms with Crippen molar-refractivity contribution < 1.29 is 9.53 Å². The van der Waals surface area contributed by atoms with Gasteiger partial charge in [-0.2, -0.15) is 0 Å². The maximum atomic E-state index is 12.3. The first-order valence-electron chi connectivity index (χ1n) is 6.24. The molecule has 0 aromatic heterocycles. The van der Waals surface area contributed by atoms with Crippen molar-refractivity contribution in [1.29, 1.82) is 0 Å². The quantitative estimate of drug-likeness (QED) is 0.742. The largest absolute Gasteiger partial charge is 0.371 e. The average Bonchev–Trinajstić information content (AvgIpc) is 2.26. The second kappa shape index (κ2) is 4.61. The molecule has 0 aliphatic heterocycles. The summed E-state index contributed by atoms with van der Waals surface area (Å²) in [6.07, 6.45) is 3.82. The summed E-state index contributed by atoms with van der Waals surface area (Å²) in [4.78, 5) is 12.3. The summed E-state index contributed by atoms with van der Waals surface area (Å²) in [5, 5.41) is 0.